The summed E-state index contributed by atoms with van der Waals surface area (Å²) in [5.74, 6) is -0.306. The van der Waals surface area contributed by atoms with Crippen LogP contribution >= 0.6 is 27.3 Å². The second-order valence-corrected chi connectivity index (χ2v) is 4.90. The molecule has 0 spiro atoms. The molecule has 0 bridgehead atoms. The Labute approximate surface area is 86.7 Å². The van der Waals surface area contributed by atoms with Gasteiger partial charge in [0.25, 0.3) is 0 Å². The topological polar surface area (TPSA) is 38.9 Å². The Morgan fingerprint density at radius 2 is 2.31 bits per heavy atom. The maximum absolute atomic E-state index is 13.3. The van der Waals surface area contributed by atoms with Gasteiger partial charge in [0.2, 0.25) is 0 Å². The van der Waals surface area contributed by atoms with Crippen molar-refractivity contribution in [2.24, 2.45) is 5.73 Å². The lowest BCUT2D eigenvalue weighted by Gasteiger charge is -1.96. The fraction of sp³-hybridized carbons (Fsp3) is 0.125. The lowest BCUT2D eigenvalue weighted by Crippen LogP contribution is -1.96. The van der Waals surface area contributed by atoms with Crippen molar-refractivity contribution < 1.29 is 4.39 Å². The number of nitrogens with zero attached hydrogens (tertiary/aromatic N) is 1. The number of benzene rings is 1. The zero-order valence-electron chi connectivity index (χ0n) is 6.55. The van der Waals surface area contributed by atoms with E-state index in [0.29, 0.717) is 16.0 Å². The summed E-state index contributed by atoms with van der Waals surface area (Å²) in [6, 6.07) is 3.29. The predicted octanol–water partition coefficient (Wildman–Crippen LogP) is 2.66. The molecule has 0 aliphatic rings. The van der Waals surface area contributed by atoms with Crippen LogP contribution in [0.25, 0.3) is 10.2 Å². The summed E-state index contributed by atoms with van der Waals surface area (Å²) in [7, 11) is 0. The van der Waals surface area contributed by atoms with Crippen LogP contribution < -0.4 is 5.73 Å². The number of hydrogen-bond donors (Lipinski definition) is 1. The van der Waals surface area contributed by atoms with Crippen molar-refractivity contribution >= 4 is 37.5 Å². The van der Waals surface area contributed by atoms with Gasteiger partial charge in [0, 0.05) is 6.54 Å². The molecule has 0 aliphatic heterocycles. The molecule has 0 unspecified atom stereocenters. The third kappa shape index (κ3) is 1.59. The summed E-state index contributed by atoms with van der Waals surface area (Å²) < 4.78 is 14.8. The van der Waals surface area contributed by atoms with E-state index < -0.39 is 0 Å². The van der Waals surface area contributed by atoms with Crippen LogP contribution in [0.4, 0.5) is 4.39 Å². The first-order valence-electron chi connectivity index (χ1n) is 3.65. The summed E-state index contributed by atoms with van der Waals surface area (Å²) in [6.45, 7) is 0.350. The van der Waals surface area contributed by atoms with Gasteiger partial charge in [0.1, 0.15) is 5.52 Å². The summed E-state index contributed by atoms with van der Waals surface area (Å²) in [5, 5.41) is 0. The average Bonchev–Trinajstić information content (AvgIpc) is 2.46. The quantitative estimate of drug-likeness (QED) is 0.857. The Hall–Kier alpha value is -0.520. The minimum Gasteiger partial charge on any atom is -0.326 e. The SMILES string of the molecule is NCc1cc(F)c2nc(Br)sc2c1. The minimum absolute atomic E-state index is 0.306. The van der Waals surface area contributed by atoms with Crippen molar-refractivity contribution in [2.75, 3.05) is 0 Å². The van der Waals surface area contributed by atoms with Gasteiger partial charge in [-0.1, -0.05) is 0 Å². The highest BCUT2D eigenvalue weighted by Gasteiger charge is 2.07. The largest absolute Gasteiger partial charge is 0.326 e. The van der Waals surface area contributed by atoms with Crippen LogP contribution in [0.2, 0.25) is 0 Å². The van der Waals surface area contributed by atoms with E-state index in [9.17, 15) is 4.39 Å². The molecule has 1 heterocycles. The second kappa shape index (κ2) is 3.32. The molecule has 1 aromatic heterocycles. The van der Waals surface area contributed by atoms with Gasteiger partial charge in [-0.2, -0.15) is 0 Å². The molecule has 0 saturated heterocycles. The van der Waals surface area contributed by atoms with Crippen LogP contribution in [0, 0.1) is 5.82 Å². The minimum atomic E-state index is -0.306. The van der Waals surface area contributed by atoms with E-state index in [-0.39, 0.29) is 5.82 Å². The van der Waals surface area contributed by atoms with Gasteiger partial charge in [-0.05, 0) is 33.6 Å². The molecule has 0 aliphatic carbocycles. The highest BCUT2D eigenvalue weighted by Crippen LogP contribution is 2.28. The number of rotatable bonds is 1. The van der Waals surface area contributed by atoms with Gasteiger partial charge >= 0.3 is 0 Å². The van der Waals surface area contributed by atoms with Crippen LogP contribution in [0.1, 0.15) is 5.56 Å². The van der Waals surface area contributed by atoms with Gasteiger partial charge < -0.3 is 5.73 Å². The number of halogens is 2. The maximum atomic E-state index is 13.3. The fourth-order valence-corrected chi connectivity index (χ4v) is 2.60. The Kier molecular flexibility index (Phi) is 2.31. The Bertz CT molecular complexity index is 455. The van der Waals surface area contributed by atoms with Gasteiger partial charge in [-0.15, -0.1) is 11.3 Å². The molecule has 2 nitrogen and oxygen atoms in total. The molecule has 68 valence electrons. The van der Waals surface area contributed by atoms with Crippen LogP contribution in [0.5, 0.6) is 0 Å². The Morgan fingerprint density at radius 1 is 1.54 bits per heavy atom. The van der Waals surface area contributed by atoms with Crippen LogP contribution in [0.3, 0.4) is 0 Å². The number of aromatic nitrogens is 1. The predicted molar refractivity (Wildman–Crippen MR) is 55.2 cm³/mol. The molecule has 1 aromatic carbocycles. The summed E-state index contributed by atoms with van der Waals surface area (Å²) in [4.78, 5) is 4.01. The lowest BCUT2D eigenvalue weighted by molar-refractivity contribution is 0.635. The molecule has 0 radical (unpaired) electrons. The standard InChI is InChI=1S/C8H6BrFN2S/c9-8-12-7-5(10)1-4(3-11)2-6(7)13-8/h1-2H,3,11H2. The van der Waals surface area contributed by atoms with Gasteiger partial charge in [0.05, 0.1) is 4.70 Å². The van der Waals surface area contributed by atoms with E-state index in [4.69, 9.17) is 5.73 Å². The van der Waals surface area contributed by atoms with Crippen LogP contribution in [-0.4, -0.2) is 4.98 Å². The highest BCUT2D eigenvalue weighted by molar-refractivity contribution is 9.11. The van der Waals surface area contributed by atoms with Gasteiger partial charge in [0.15, 0.2) is 9.73 Å². The molecule has 0 atom stereocenters. The Morgan fingerprint density at radius 3 is 3.00 bits per heavy atom. The number of fused-ring (bicyclic) bond motifs is 1. The Balaban J connectivity index is 2.75. The zero-order chi connectivity index (χ0) is 9.42. The first-order chi connectivity index (χ1) is 6.20. The third-order valence-corrected chi connectivity index (χ3v) is 3.17. The smallest absolute Gasteiger partial charge is 0.160 e. The number of hydrogen-bond acceptors (Lipinski definition) is 3. The van der Waals surface area contributed by atoms with E-state index in [2.05, 4.69) is 20.9 Å². The summed E-state index contributed by atoms with van der Waals surface area (Å²) in [5.41, 5.74) is 6.63. The van der Waals surface area contributed by atoms with E-state index in [1.807, 2.05) is 6.07 Å². The molecule has 0 saturated carbocycles. The monoisotopic (exact) mass is 260 g/mol. The number of thiazole rings is 1. The molecule has 2 N–H and O–H groups in total. The van der Waals surface area contributed by atoms with Crippen LogP contribution in [-0.2, 0) is 6.54 Å². The summed E-state index contributed by atoms with van der Waals surface area (Å²) >= 11 is 4.62. The van der Waals surface area contributed by atoms with Gasteiger partial charge in [-0.3, -0.25) is 0 Å². The molecule has 0 fully saturated rings. The van der Waals surface area contributed by atoms with E-state index in [1.165, 1.54) is 17.4 Å². The fourth-order valence-electron chi connectivity index (χ4n) is 1.13. The molecule has 13 heavy (non-hydrogen) atoms. The lowest BCUT2D eigenvalue weighted by atomic mass is 10.2. The normalized spacial score (nSPS) is 11.0. The molecule has 0 amide bonds. The van der Waals surface area contributed by atoms with Crippen molar-refractivity contribution in [3.8, 4) is 0 Å². The molecule has 5 heteroatoms. The van der Waals surface area contributed by atoms with Crippen molar-refractivity contribution in [3.05, 3.63) is 27.4 Å². The maximum Gasteiger partial charge on any atom is 0.160 e. The van der Waals surface area contributed by atoms with E-state index in [1.54, 1.807) is 0 Å². The first kappa shape index (κ1) is 9.05. The van der Waals surface area contributed by atoms with Crippen molar-refractivity contribution in [1.82, 2.24) is 4.98 Å². The van der Waals surface area contributed by atoms with Crippen molar-refractivity contribution in [2.45, 2.75) is 6.54 Å². The van der Waals surface area contributed by atoms with Gasteiger partial charge in [-0.25, -0.2) is 9.37 Å². The van der Waals surface area contributed by atoms with E-state index in [0.717, 1.165) is 10.3 Å². The molecule has 2 rings (SSSR count). The molecular weight excluding hydrogens is 255 g/mol. The average molecular weight is 261 g/mol. The highest BCUT2D eigenvalue weighted by atomic mass is 79.9. The molecule has 2 aromatic rings. The number of nitrogens with two attached hydrogens (primary N) is 1. The van der Waals surface area contributed by atoms with Crippen molar-refractivity contribution in [3.63, 3.8) is 0 Å². The zero-order valence-corrected chi connectivity index (χ0v) is 8.95. The van der Waals surface area contributed by atoms with Crippen molar-refractivity contribution in [1.29, 1.82) is 0 Å². The molecular formula is C8H6BrFN2S. The van der Waals surface area contributed by atoms with Crippen LogP contribution in [0.15, 0.2) is 16.0 Å². The third-order valence-electron chi connectivity index (χ3n) is 1.72. The van der Waals surface area contributed by atoms with E-state index >= 15 is 0 Å². The second-order valence-electron chi connectivity index (χ2n) is 2.60. The first-order valence-corrected chi connectivity index (χ1v) is 5.26. The summed E-state index contributed by atoms with van der Waals surface area (Å²) in [6.07, 6.45) is 0.